The molecule has 0 bridgehead atoms. The molecule has 2 aromatic heterocycles. The summed E-state index contributed by atoms with van der Waals surface area (Å²) in [6.07, 6.45) is 0. The van der Waals surface area contributed by atoms with Crippen molar-refractivity contribution in [3.05, 3.63) is 81.9 Å². The first-order valence-corrected chi connectivity index (χ1v) is 8.22. The van der Waals surface area contributed by atoms with E-state index >= 15 is 0 Å². The molecule has 1 N–H and O–H groups in total. The second-order valence-electron chi connectivity index (χ2n) is 5.78. The lowest BCUT2D eigenvalue weighted by Crippen LogP contribution is -2.12. The van der Waals surface area contributed by atoms with Crippen LogP contribution in [0.25, 0.3) is 33.4 Å². The van der Waals surface area contributed by atoms with Crippen LogP contribution < -0.4 is 5.56 Å². The van der Waals surface area contributed by atoms with Gasteiger partial charge in [-0.1, -0.05) is 54.1 Å². The summed E-state index contributed by atoms with van der Waals surface area (Å²) in [5.41, 5.74) is 3.68. The number of H-pyrrole nitrogens is 1. The van der Waals surface area contributed by atoms with E-state index in [0.717, 1.165) is 22.4 Å². The zero-order valence-corrected chi connectivity index (χ0v) is 14.2. The van der Waals surface area contributed by atoms with Crippen molar-refractivity contribution in [1.29, 1.82) is 0 Å². The van der Waals surface area contributed by atoms with Crippen LogP contribution in [-0.4, -0.2) is 15.0 Å². The number of aromatic nitrogens is 3. The predicted molar refractivity (Wildman–Crippen MR) is 101 cm³/mol. The highest BCUT2D eigenvalue weighted by molar-refractivity contribution is 6.30. The summed E-state index contributed by atoms with van der Waals surface area (Å²) >= 11 is 5.98. The van der Waals surface area contributed by atoms with Crippen molar-refractivity contribution in [2.45, 2.75) is 6.92 Å². The molecule has 4 nitrogen and oxygen atoms in total. The van der Waals surface area contributed by atoms with Gasteiger partial charge in [0.1, 0.15) is 5.82 Å². The zero-order valence-electron chi connectivity index (χ0n) is 13.5. The fourth-order valence-corrected chi connectivity index (χ4v) is 2.99. The van der Waals surface area contributed by atoms with E-state index in [1.54, 1.807) is 6.92 Å². The molecule has 4 aromatic rings. The van der Waals surface area contributed by atoms with Crippen LogP contribution in [-0.2, 0) is 0 Å². The van der Waals surface area contributed by atoms with Crippen molar-refractivity contribution in [1.82, 2.24) is 15.0 Å². The quantitative estimate of drug-likeness (QED) is 0.576. The largest absolute Gasteiger partial charge is 0.310 e. The number of aromatic amines is 1. The number of hydrogen-bond donors (Lipinski definition) is 1. The average Bonchev–Trinajstić information content (AvgIpc) is 2.62. The lowest BCUT2D eigenvalue weighted by Gasteiger charge is -2.10. The maximum atomic E-state index is 12.5. The van der Waals surface area contributed by atoms with Gasteiger partial charge in [-0.3, -0.25) is 4.79 Å². The number of rotatable bonds is 2. The first-order valence-electron chi connectivity index (χ1n) is 7.85. The van der Waals surface area contributed by atoms with Crippen LogP contribution in [0, 0.1) is 6.92 Å². The Morgan fingerprint density at radius 3 is 2.36 bits per heavy atom. The van der Waals surface area contributed by atoms with Crippen LogP contribution in [0.15, 0.2) is 65.5 Å². The Hall–Kier alpha value is -2.98. The Morgan fingerprint density at radius 1 is 0.920 bits per heavy atom. The van der Waals surface area contributed by atoms with Crippen LogP contribution in [0.1, 0.15) is 5.82 Å². The van der Waals surface area contributed by atoms with E-state index in [0.29, 0.717) is 21.9 Å². The third-order valence-electron chi connectivity index (χ3n) is 4.02. The summed E-state index contributed by atoms with van der Waals surface area (Å²) in [6.45, 7) is 1.75. The Labute approximate surface area is 149 Å². The summed E-state index contributed by atoms with van der Waals surface area (Å²) in [5.74, 6) is 0.539. The standard InChI is InChI=1S/C20H14ClN3O/c1-12-22-19-18(20(25)23-12)16(13-5-3-2-4-6-13)11-17(24-19)14-7-9-15(21)10-8-14/h2-11H,1H3,(H,22,23,24,25). The predicted octanol–water partition coefficient (Wildman–Crippen LogP) is 4.61. The van der Waals surface area contributed by atoms with Crippen LogP contribution >= 0.6 is 11.6 Å². The molecular formula is C20H14ClN3O. The minimum atomic E-state index is -0.184. The molecule has 0 spiro atoms. The number of nitrogens with one attached hydrogen (secondary N) is 1. The summed E-state index contributed by atoms with van der Waals surface area (Å²) in [7, 11) is 0. The van der Waals surface area contributed by atoms with Gasteiger partial charge in [-0.15, -0.1) is 0 Å². The van der Waals surface area contributed by atoms with Gasteiger partial charge in [-0.05, 0) is 30.7 Å². The van der Waals surface area contributed by atoms with Crippen molar-refractivity contribution in [3.8, 4) is 22.4 Å². The van der Waals surface area contributed by atoms with Crippen LogP contribution in [0.3, 0.4) is 0 Å². The van der Waals surface area contributed by atoms with E-state index in [2.05, 4.69) is 15.0 Å². The fourth-order valence-electron chi connectivity index (χ4n) is 2.86. The average molecular weight is 348 g/mol. The molecule has 5 heteroatoms. The highest BCUT2D eigenvalue weighted by Gasteiger charge is 2.14. The van der Waals surface area contributed by atoms with Gasteiger partial charge in [-0.2, -0.15) is 0 Å². The van der Waals surface area contributed by atoms with E-state index in [1.165, 1.54) is 0 Å². The molecule has 2 heterocycles. The van der Waals surface area contributed by atoms with Gasteiger partial charge in [0.2, 0.25) is 0 Å². The van der Waals surface area contributed by atoms with E-state index < -0.39 is 0 Å². The summed E-state index contributed by atoms with van der Waals surface area (Å²) < 4.78 is 0. The molecule has 2 aromatic carbocycles. The molecule has 0 amide bonds. The monoisotopic (exact) mass is 347 g/mol. The van der Waals surface area contributed by atoms with Gasteiger partial charge in [0.25, 0.3) is 5.56 Å². The molecule has 0 fully saturated rings. The smallest absolute Gasteiger partial charge is 0.261 e. The molecule has 4 rings (SSSR count). The molecule has 0 unspecified atom stereocenters. The van der Waals surface area contributed by atoms with E-state index in [-0.39, 0.29) is 5.56 Å². The number of fused-ring (bicyclic) bond motifs is 1. The Morgan fingerprint density at radius 2 is 1.64 bits per heavy atom. The number of halogens is 1. The molecule has 122 valence electrons. The molecule has 25 heavy (non-hydrogen) atoms. The molecule has 0 aliphatic rings. The maximum Gasteiger partial charge on any atom is 0.261 e. The SMILES string of the molecule is Cc1nc2nc(-c3ccc(Cl)cc3)cc(-c3ccccc3)c2c(=O)[nH]1. The molecule has 0 aliphatic heterocycles. The minimum Gasteiger partial charge on any atom is -0.310 e. The lowest BCUT2D eigenvalue weighted by atomic mass is 10.0. The van der Waals surface area contributed by atoms with Gasteiger partial charge in [0.15, 0.2) is 5.65 Å². The van der Waals surface area contributed by atoms with Gasteiger partial charge in [0.05, 0.1) is 11.1 Å². The third kappa shape index (κ3) is 2.92. The van der Waals surface area contributed by atoms with Gasteiger partial charge >= 0.3 is 0 Å². The van der Waals surface area contributed by atoms with Gasteiger partial charge in [0, 0.05) is 16.1 Å². The summed E-state index contributed by atoms with van der Waals surface area (Å²) in [5, 5.41) is 1.16. The third-order valence-corrected chi connectivity index (χ3v) is 4.27. The Balaban J connectivity index is 2.07. The lowest BCUT2D eigenvalue weighted by molar-refractivity contribution is 1.04. The first-order chi connectivity index (χ1) is 12.1. The number of nitrogens with zero attached hydrogens (tertiary/aromatic N) is 2. The normalized spacial score (nSPS) is 11.0. The highest BCUT2D eigenvalue weighted by atomic mass is 35.5. The van der Waals surface area contributed by atoms with Crippen molar-refractivity contribution in [2.24, 2.45) is 0 Å². The van der Waals surface area contributed by atoms with Gasteiger partial charge < -0.3 is 4.98 Å². The summed E-state index contributed by atoms with van der Waals surface area (Å²) in [4.78, 5) is 24.3. The van der Waals surface area contributed by atoms with Crippen molar-refractivity contribution < 1.29 is 0 Å². The molecule has 0 saturated carbocycles. The minimum absolute atomic E-state index is 0.184. The second kappa shape index (κ2) is 6.15. The van der Waals surface area contributed by atoms with E-state index in [1.807, 2.05) is 60.7 Å². The topological polar surface area (TPSA) is 58.6 Å². The molecule has 0 aliphatic carbocycles. The van der Waals surface area contributed by atoms with Crippen LogP contribution in [0.5, 0.6) is 0 Å². The maximum absolute atomic E-state index is 12.5. The Bertz CT molecular complexity index is 1120. The van der Waals surface area contributed by atoms with Crippen molar-refractivity contribution in [3.63, 3.8) is 0 Å². The fraction of sp³-hybridized carbons (Fsp3) is 0.0500. The van der Waals surface area contributed by atoms with Crippen LogP contribution in [0.4, 0.5) is 0 Å². The van der Waals surface area contributed by atoms with Crippen molar-refractivity contribution in [2.75, 3.05) is 0 Å². The molecule has 0 atom stereocenters. The number of aryl methyl sites for hydroxylation is 1. The van der Waals surface area contributed by atoms with E-state index in [9.17, 15) is 4.79 Å². The van der Waals surface area contributed by atoms with E-state index in [4.69, 9.17) is 11.6 Å². The molecular weight excluding hydrogens is 334 g/mol. The summed E-state index contributed by atoms with van der Waals surface area (Å²) in [6, 6.07) is 19.2. The molecule has 0 radical (unpaired) electrons. The second-order valence-corrected chi connectivity index (χ2v) is 6.21. The number of pyridine rings is 1. The zero-order chi connectivity index (χ0) is 17.4. The van der Waals surface area contributed by atoms with Gasteiger partial charge in [-0.25, -0.2) is 9.97 Å². The molecule has 0 saturated heterocycles. The number of benzene rings is 2. The number of hydrogen-bond acceptors (Lipinski definition) is 3. The van der Waals surface area contributed by atoms with Crippen LogP contribution in [0.2, 0.25) is 5.02 Å². The van der Waals surface area contributed by atoms with Crippen molar-refractivity contribution >= 4 is 22.6 Å². The first kappa shape index (κ1) is 15.5. The highest BCUT2D eigenvalue weighted by Crippen LogP contribution is 2.30. The Kier molecular flexibility index (Phi) is 3.82.